The van der Waals surface area contributed by atoms with Crippen molar-refractivity contribution in [2.45, 2.75) is 19.0 Å². The highest BCUT2D eigenvalue weighted by Crippen LogP contribution is 2.23. The average molecular weight is 429 g/mol. The zero-order valence-corrected chi connectivity index (χ0v) is 17.7. The molecule has 1 amide bonds. The molecule has 2 N–H and O–H groups in total. The highest BCUT2D eigenvalue weighted by atomic mass is 35.5. The first kappa shape index (κ1) is 21.4. The summed E-state index contributed by atoms with van der Waals surface area (Å²) in [4.78, 5) is 12.4. The van der Waals surface area contributed by atoms with E-state index < -0.39 is 0 Å². The number of carbonyl (C=O) groups excluding carboxylic acids is 1. The molecule has 1 fully saturated rings. The molecule has 2 aromatic carbocycles. The Labute approximate surface area is 181 Å². The van der Waals surface area contributed by atoms with Crippen LogP contribution in [0.15, 0.2) is 66.9 Å². The molecule has 0 aliphatic carbocycles. The number of hydrogen-bond donors (Lipinski definition) is 2. The molecule has 1 atom stereocenters. The molecule has 3 aromatic rings. The minimum absolute atomic E-state index is 0. The molecule has 5 nitrogen and oxygen atoms in total. The number of halogens is 1. The Morgan fingerprint density at radius 3 is 2.55 bits per heavy atom. The van der Waals surface area contributed by atoms with E-state index >= 15 is 0 Å². The number of benzene rings is 2. The van der Waals surface area contributed by atoms with Crippen molar-refractivity contribution < 1.29 is 4.79 Å². The number of carbonyl (C=O) groups is 1. The van der Waals surface area contributed by atoms with Crippen LogP contribution in [0.4, 0.5) is 0 Å². The largest absolute Gasteiger partial charge is 0.352 e. The number of thioether (sulfide) groups is 1. The highest BCUT2D eigenvalue weighted by Gasteiger charge is 2.18. The fourth-order valence-corrected chi connectivity index (χ4v) is 4.28. The van der Waals surface area contributed by atoms with Crippen molar-refractivity contribution in [1.29, 1.82) is 0 Å². The topological polar surface area (TPSA) is 59.0 Å². The third-order valence-corrected chi connectivity index (χ3v) is 5.90. The fourth-order valence-electron chi connectivity index (χ4n) is 3.33. The van der Waals surface area contributed by atoms with Gasteiger partial charge in [0.2, 0.25) is 5.91 Å². The molecule has 1 saturated heterocycles. The maximum absolute atomic E-state index is 12.4. The smallest absolute Gasteiger partial charge is 0.221 e. The van der Waals surface area contributed by atoms with Gasteiger partial charge in [0.25, 0.3) is 0 Å². The summed E-state index contributed by atoms with van der Waals surface area (Å²) in [6, 6.07) is 20.4. The summed E-state index contributed by atoms with van der Waals surface area (Å²) >= 11 is 1.90. The van der Waals surface area contributed by atoms with Crippen molar-refractivity contribution in [3.05, 3.63) is 72.4 Å². The van der Waals surface area contributed by atoms with Gasteiger partial charge in [0, 0.05) is 54.4 Å². The molecule has 0 spiro atoms. The SMILES string of the molecule is Cl.O=C(CC1CSCCN1)NCc1cn(-c2ccccc2)nc1-c1ccccc1. The van der Waals surface area contributed by atoms with Gasteiger partial charge < -0.3 is 10.6 Å². The molecule has 152 valence electrons. The second kappa shape index (κ2) is 10.5. The third kappa shape index (κ3) is 5.63. The average Bonchev–Trinajstić information content (AvgIpc) is 3.19. The van der Waals surface area contributed by atoms with Crippen LogP contribution < -0.4 is 10.6 Å². The van der Waals surface area contributed by atoms with Gasteiger partial charge >= 0.3 is 0 Å². The lowest BCUT2D eigenvalue weighted by Crippen LogP contribution is -2.41. The van der Waals surface area contributed by atoms with E-state index in [9.17, 15) is 4.79 Å². The second-order valence-corrected chi connectivity index (χ2v) is 8.01. The van der Waals surface area contributed by atoms with Crippen LogP contribution in [0.3, 0.4) is 0 Å². The van der Waals surface area contributed by atoms with Crippen LogP contribution in [-0.2, 0) is 11.3 Å². The summed E-state index contributed by atoms with van der Waals surface area (Å²) in [5, 5.41) is 11.3. The van der Waals surface area contributed by atoms with Gasteiger partial charge in [0.15, 0.2) is 0 Å². The van der Waals surface area contributed by atoms with Crippen molar-refractivity contribution in [3.63, 3.8) is 0 Å². The molecular weight excluding hydrogens is 404 g/mol. The molecule has 0 bridgehead atoms. The molecule has 4 rings (SSSR count). The number of nitrogens with zero attached hydrogens (tertiary/aromatic N) is 2. The predicted molar refractivity (Wildman–Crippen MR) is 122 cm³/mol. The Hall–Kier alpha value is -2.28. The first-order valence-corrected chi connectivity index (χ1v) is 10.7. The number of para-hydroxylation sites is 1. The van der Waals surface area contributed by atoms with Gasteiger partial charge in [-0.3, -0.25) is 4.79 Å². The van der Waals surface area contributed by atoms with Crippen LogP contribution in [0.25, 0.3) is 16.9 Å². The van der Waals surface area contributed by atoms with Crippen LogP contribution in [0, 0.1) is 0 Å². The third-order valence-electron chi connectivity index (χ3n) is 4.76. The van der Waals surface area contributed by atoms with Crippen LogP contribution in [0.1, 0.15) is 12.0 Å². The fraction of sp³-hybridized carbons (Fsp3) is 0.273. The van der Waals surface area contributed by atoms with Crippen LogP contribution in [0.2, 0.25) is 0 Å². The van der Waals surface area contributed by atoms with E-state index in [0.717, 1.165) is 40.6 Å². The number of amides is 1. The summed E-state index contributed by atoms with van der Waals surface area (Å²) in [5.74, 6) is 2.19. The monoisotopic (exact) mass is 428 g/mol. The standard InChI is InChI=1S/C22H24N4OS.ClH/c27-21(13-19-16-28-12-11-23-19)24-14-18-15-26(20-9-5-2-6-10-20)25-22(18)17-7-3-1-4-8-17;/h1-10,15,19,23H,11-14,16H2,(H,24,27);1H. The van der Waals surface area contributed by atoms with Gasteiger partial charge in [-0.2, -0.15) is 16.9 Å². The minimum atomic E-state index is 0. The van der Waals surface area contributed by atoms with E-state index in [1.165, 1.54) is 0 Å². The molecule has 1 aromatic heterocycles. The van der Waals surface area contributed by atoms with Crippen LogP contribution >= 0.6 is 24.2 Å². The lowest BCUT2D eigenvalue weighted by atomic mass is 10.1. The Morgan fingerprint density at radius 1 is 1.14 bits per heavy atom. The molecule has 1 unspecified atom stereocenters. The zero-order chi connectivity index (χ0) is 19.2. The number of aromatic nitrogens is 2. The van der Waals surface area contributed by atoms with Crippen LogP contribution in [0.5, 0.6) is 0 Å². The van der Waals surface area contributed by atoms with Crippen molar-refractivity contribution in [3.8, 4) is 16.9 Å². The molecule has 1 aliphatic rings. The quantitative estimate of drug-likeness (QED) is 0.628. The normalized spacial score (nSPS) is 16.1. The molecule has 29 heavy (non-hydrogen) atoms. The van der Waals surface area contributed by atoms with Crippen molar-refractivity contribution in [2.75, 3.05) is 18.1 Å². The van der Waals surface area contributed by atoms with Gasteiger partial charge in [-0.05, 0) is 12.1 Å². The number of nitrogens with one attached hydrogen (secondary N) is 2. The summed E-state index contributed by atoms with van der Waals surface area (Å²) < 4.78 is 1.88. The zero-order valence-electron chi connectivity index (χ0n) is 16.1. The maximum Gasteiger partial charge on any atom is 0.221 e. The van der Waals surface area contributed by atoms with Gasteiger partial charge in [-0.15, -0.1) is 12.4 Å². The van der Waals surface area contributed by atoms with E-state index in [-0.39, 0.29) is 24.4 Å². The van der Waals surface area contributed by atoms with Gasteiger partial charge in [-0.1, -0.05) is 48.5 Å². The van der Waals surface area contributed by atoms with Crippen molar-refractivity contribution >= 4 is 30.1 Å². The van der Waals surface area contributed by atoms with E-state index in [1.54, 1.807) is 0 Å². The van der Waals surface area contributed by atoms with Gasteiger partial charge in [-0.25, -0.2) is 4.68 Å². The van der Waals surface area contributed by atoms with E-state index in [4.69, 9.17) is 5.10 Å². The minimum Gasteiger partial charge on any atom is -0.352 e. The predicted octanol–water partition coefficient (Wildman–Crippen LogP) is 3.67. The number of rotatable bonds is 6. The first-order valence-electron chi connectivity index (χ1n) is 9.57. The second-order valence-electron chi connectivity index (χ2n) is 6.86. The summed E-state index contributed by atoms with van der Waals surface area (Å²) in [6.07, 6.45) is 2.52. The highest BCUT2D eigenvalue weighted by molar-refractivity contribution is 7.99. The van der Waals surface area contributed by atoms with Gasteiger partial charge in [0.1, 0.15) is 0 Å². The Balaban J connectivity index is 0.00000240. The van der Waals surface area contributed by atoms with E-state index in [1.807, 2.05) is 83.3 Å². The molecule has 0 saturated carbocycles. The molecular formula is C22H25ClN4OS. The molecule has 1 aliphatic heterocycles. The Kier molecular flexibility index (Phi) is 7.75. The lowest BCUT2D eigenvalue weighted by Gasteiger charge is -2.22. The Bertz CT molecular complexity index is 911. The summed E-state index contributed by atoms with van der Waals surface area (Å²) in [7, 11) is 0. The molecule has 0 radical (unpaired) electrons. The van der Waals surface area contributed by atoms with Crippen LogP contribution in [-0.4, -0.2) is 39.8 Å². The van der Waals surface area contributed by atoms with Crippen molar-refractivity contribution in [2.24, 2.45) is 0 Å². The van der Waals surface area contributed by atoms with Gasteiger partial charge in [0.05, 0.1) is 11.4 Å². The summed E-state index contributed by atoms with van der Waals surface area (Å²) in [6.45, 7) is 1.44. The lowest BCUT2D eigenvalue weighted by molar-refractivity contribution is -0.121. The van der Waals surface area contributed by atoms with Crippen molar-refractivity contribution in [1.82, 2.24) is 20.4 Å². The Morgan fingerprint density at radius 2 is 1.86 bits per heavy atom. The molecule has 7 heteroatoms. The van der Waals surface area contributed by atoms with E-state index in [2.05, 4.69) is 10.6 Å². The summed E-state index contributed by atoms with van der Waals surface area (Å²) in [5.41, 5.74) is 3.96. The van der Waals surface area contributed by atoms with E-state index in [0.29, 0.717) is 13.0 Å². The number of hydrogen-bond acceptors (Lipinski definition) is 4. The molecule has 2 heterocycles. The first-order chi connectivity index (χ1) is 13.8. The maximum atomic E-state index is 12.4.